The molecule has 0 spiro atoms. The summed E-state index contributed by atoms with van der Waals surface area (Å²) < 4.78 is 5.95. The van der Waals surface area contributed by atoms with Gasteiger partial charge in [-0.05, 0) is 76.9 Å². The number of nitrogens with one attached hydrogen (secondary N) is 1. The van der Waals surface area contributed by atoms with Gasteiger partial charge >= 0.3 is 0 Å². The van der Waals surface area contributed by atoms with Crippen molar-refractivity contribution in [1.29, 1.82) is 0 Å². The highest BCUT2D eigenvalue weighted by Crippen LogP contribution is 2.31. The lowest BCUT2D eigenvalue weighted by Gasteiger charge is -2.20. The maximum absolute atomic E-state index is 6.54. The first-order chi connectivity index (χ1) is 13.7. The maximum Gasteiger partial charge on any atom is 0.139 e. The van der Waals surface area contributed by atoms with Gasteiger partial charge in [0.1, 0.15) is 11.6 Å². The molecule has 0 amide bonds. The summed E-state index contributed by atoms with van der Waals surface area (Å²) in [5.41, 5.74) is 3.44. The number of hydrogen-bond acceptors (Lipinski definition) is 4. The van der Waals surface area contributed by atoms with E-state index in [4.69, 9.17) is 21.3 Å². The van der Waals surface area contributed by atoms with Crippen LogP contribution < -0.4 is 4.74 Å². The van der Waals surface area contributed by atoms with Crippen molar-refractivity contribution in [3.05, 3.63) is 34.6 Å². The van der Waals surface area contributed by atoms with Crippen LogP contribution in [0.5, 0.6) is 5.75 Å². The van der Waals surface area contributed by atoms with Crippen molar-refractivity contribution >= 4 is 11.6 Å². The molecule has 0 bridgehead atoms. The number of rotatable bonds is 6. The third-order valence-corrected chi connectivity index (χ3v) is 6.16. The smallest absolute Gasteiger partial charge is 0.139 e. The van der Waals surface area contributed by atoms with E-state index in [1.807, 2.05) is 18.2 Å². The molecule has 1 aliphatic heterocycles. The number of fused-ring (bicyclic) bond motifs is 1. The molecule has 152 valence electrons. The number of aromatic nitrogens is 2. The second-order valence-electron chi connectivity index (χ2n) is 8.06. The van der Waals surface area contributed by atoms with Crippen LogP contribution in [-0.2, 0) is 12.8 Å². The Hall–Kier alpha value is -1.56. The number of aryl methyl sites for hydroxylation is 2. The molecule has 1 N–H and O–H groups in total. The lowest BCUT2D eigenvalue weighted by Crippen LogP contribution is -2.30. The first-order valence-electron chi connectivity index (χ1n) is 10.6. The Morgan fingerprint density at radius 1 is 1.11 bits per heavy atom. The van der Waals surface area contributed by atoms with Crippen LogP contribution in [0.2, 0.25) is 5.02 Å². The standard InChI is InChI=1S/C22H31ClN4O/c1-26-10-4-11-27(14-13-26)12-5-15-28-17-8-9-18(19(23)16-17)22-24-20-6-2-3-7-21(20)25-22/h8-9,16H,2-7,10-15H2,1H3,(H,24,25). The minimum Gasteiger partial charge on any atom is -0.493 e. The molecule has 2 aliphatic rings. The number of hydrogen-bond donors (Lipinski definition) is 1. The van der Waals surface area contributed by atoms with Crippen molar-refractivity contribution in [2.24, 2.45) is 0 Å². The number of halogens is 1. The first kappa shape index (κ1) is 19.7. The minimum atomic E-state index is 0.694. The Balaban J connectivity index is 1.29. The van der Waals surface area contributed by atoms with Crippen LogP contribution in [0.3, 0.4) is 0 Å². The van der Waals surface area contributed by atoms with E-state index in [1.54, 1.807) is 0 Å². The zero-order valence-corrected chi connectivity index (χ0v) is 17.6. The van der Waals surface area contributed by atoms with E-state index in [2.05, 4.69) is 21.8 Å². The van der Waals surface area contributed by atoms with E-state index in [0.29, 0.717) is 5.02 Å². The van der Waals surface area contributed by atoms with Gasteiger partial charge in [-0.1, -0.05) is 11.6 Å². The van der Waals surface area contributed by atoms with E-state index < -0.39 is 0 Å². The van der Waals surface area contributed by atoms with Crippen LogP contribution in [-0.4, -0.2) is 66.1 Å². The van der Waals surface area contributed by atoms with Crippen molar-refractivity contribution in [1.82, 2.24) is 19.8 Å². The predicted molar refractivity (Wildman–Crippen MR) is 114 cm³/mol. The van der Waals surface area contributed by atoms with Crippen LogP contribution in [0.25, 0.3) is 11.4 Å². The van der Waals surface area contributed by atoms with E-state index >= 15 is 0 Å². The molecule has 5 nitrogen and oxygen atoms in total. The first-order valence-corrected chi connectivity index (χ1v) is 11.0. The quantitative estimate of drug-likeness (QED) is 0.741. The number of nitrogens with zero attached hydrogens (tertiary/aromatic N) is 3. The summed E-state index contributed by atoms with van der Waals surface area (Å²) in [4.78, 5) is 13.2. The molecule has 1 aromatic carbocycles. The zero-order chi connectivity index (χ0) is 19.3. The third kappa shape index (κ3) is 4.88. The molecule has 2 aromatic rings. The van der Waals surface area contributed by atoms with Crippen LogP contribution in [0, 0.1) is 0 Å². The summed E-state index contributed by atoms with van der Waals surface area (Å²) in [6.07, 6.45) is 6.92. The van der Waals surface area contributed by atoms with E-state index in [0.717, 1.165) is 62.6 Å². The molecule has 0 radical (unpaired) electrons. The molecular formula is C22H31ClN4O. The zero-order valence-electron chi connectivity index (χ0n) is 16.8. The lowest BCUT2D eigenvalue weighted by molar-refractivity contribution is 0.237. The highest BCUT2D eigenvalue weighted by Gasteiger charge is 2.17. The molecule has 1 fully saturated rings. The van der Waals surface area contributed by atoms with Crippen LogP contribution in [0.4, 0.5) is 0 Å². The van der Waals surface area contributed by atoms with E-state index in [1.165, 1.54) is 43.7 Å². The Bertz CT molecular complexity index is 767. The van der Waals surface area contributed by atoms with Gasteiger partial charge in [-0.15, -0.1) is 0 Å². The number of ether oxygens (including phenoxy) is 1. The minimum absolute atomic E-state index is 0.694. The molecule has 4 rings (SSSR count). The van der Waals surface area contributed by atoms with Gasteiger partial charge in [0.15, 0.2) is 0 Å². The van der Waals surface area contributed by atoms with Crippen molar-refractivity contribution in [2.45, 2.75) is 38.5 Å². The van der Waals surface area contributed by atoms with Crippen LogP contribution in [0.15, 0.2) is 18.2 Å². The fourth-order valence-corrected chi connectivity index (χ4v) is 4.42. The topological polar surface area (TPSA) is 44.4 Å². The second-order valence-corrected chi connectivity index (χ2v) is 8.47. The second kappa shape index (κ2) is 9.29. The SMILES string of the molecule is CN1CCCN(CCCOc2ccc(-c3nc4c([nH]3)CCCC4)c(Cl)c2)CC1. The van der Waals surface area contributed by atoms with Gasteiger partial charge in [-0.25, -0.2) is 4.98 Å². The number of benzene rings is 1. The normalized spacial score (nSPS) is 18.6. The Morgan fingerprint density at radius 3 is 2.86 bits per heavy atom. The summed E-state index contributed by atoms with van der Waals surface area (Å²) in [6.45, 7) is 6.53. The third-order valence-electron chi connectivity index (χ3n) is 5.85. The monoisotopic (exact) mass is 402 g/mol. The fraction of sp³-hybridized carbons (Fsp3) is 0.591. The summed E-state index contributed by atoms with van der Waals surface area (Å²) >= 11 is 6.54. The number of aromatic amines is 1. The van der Waals surface area contributed by atoms with Gasteiger partial charge in [0.2, 0.25) is 0 Å². The molecule has 28 heavy (non-hydrogen) atoms. The summed E-state index contributed by atoms with van der Waals surface area (Å²) in [5.74, 6) is 1.72. The summed E-state index contributed by atoms with van der Waals surface area (Å²) in [6, 6.07) is 5.94. The average molecular weight is 403 g/mol. The van der Waals surface area contributed by atoms with Crippen molar-refractivity contribution in [2.75, 3.05) is 46.4 Å². The lowest BCUT2D eigenvalue weighted by atomic mass is 10.0. The largest absolute Gasteiger partial charge is 0.493 e. The molecule has 2 heterocycles. The molecule has 1 saturated heterocycles. The average Bonchev–Trinajstić information content (AvgIpc) is 3.01. The summed E-state index contributed by atoms with van der Waals surface area (Å²) in [5, 5.41) is 0.694. The Morgan fingerprint density at radius 2 is 2.00 bits per heavy atom. The Kier molecular flexibility index (Phi) is 6.55. The summed E-state index contributed by atoms with van der Waals surface area (Å²) in [7, 11) is 2.21. The highest BCUT2D eigenvalue weighted by molar-refractivity contribution is 6.33. The van der Waals surface area contributed by atoms with Gasteiger partial charge in [-0.3, -0.25) is 0 Å². The van der Waals surface area contributed by atoms with Crippen molar-refractivity contribution in [3.63, 3.8) is 0 Å². The molecule has 0 unspecified atom stereocenters. The van der Waals surface area contributed by atoms with Crippen LogP contribution >= 0.6 is 11.6 Å². The number of H-pyrrole nitrogens is 1. The predicted octanol–water partition coefficient (Wildman–Crippen LogP) is 4.02. The highest BCUT2D eigenvalue weighted by atomic mass is 35.5. The van der Waals surface area contributed by atoms with Crippen molar-refractivity contribution in [3.8, 4) is 17.1 Å². The molecule has 1 aromatic heterocycles. The van der Waals surface area contributed by atoms with Crippen LogP contribution in [0.1, 0.15) is 37.1 Å². The van der Waals surface area contributed by atoms with Gasteiger partial charge in [0.25, 0.3) is 0 Å². The number of imidazole rings is 1. The Labute approximate surface area is 173 Å². The van der Waals surface area contributed by atoms with E-state index in [9.17, 15) is 0 Å². The molecule has 6 heteroatoms. The van der Waals surface area contributed by atoms with Gasteiger partial charge in [-0.2, -0.15) is 0 Å². The molecule has 0 atom stereocenters. The molecule has 1 aliphatic carbocycles. The van der Waals surface area contributed by atoms with E-state index in [-0.39, 0.29) is 0 Å². The molecule has 0 saturated carbocycles. The molecular weight excluding hydrogens is 372 g/mol. The van der Waals surface area contributed by atoms with Gasteiger partial charge in [0.05, 0.1) is 17.3 Å². The number of likely N-dealkylation sites (N-methyl/N-ethyl adjacent to an activating group) is 1. The van der Waals surface area contributed by atoms with Crippen molar-refractivity contribution < 1.29 is 4.74 Å². The maximum atomic E-state index is 6.54. The van der Waals surface area contributed by atoms with Gasteiger partial charge in [0, 0.05) is 30.9 Å². The van der Waals surface area contributed by atoms with Gasteiger partial charge < -0.3 is 19.5 Å². The fourth-order valence-electron chi connectivity index (χ4n) is 4.16.